The number of anilines is 2. The molecule has 1 aliphatic rings. The number of ether oxygens (including phenoxy) is 2. The molecule has 1 N–H and O–H groups in total. The molecular weight excluding hydrogens is 316 g/mol. The highest BCUT2D eigenvalue weighted by molar-refractivity contribution is 5.93. The summed E-state index contributed by atoms with van der Waals surface area (Å²) in [6.45, 7) is 2.46. The van der Waals surface area contributed by atoms with Crippen LogP contribution in [0.15, 0.2) is 48.5 Å². The fourth-order valence-corrected chi connectivity index (χ4v) is 2.96. The average molecular weight is 340 g/mol. The Bertz CT molecular complexity index is 697. The summed E-state index contributed by atoms with van der Waals surface area (Å²) in [5.74, 6) is 1.34. The molecule has 0 atom stereocenters. The van der Waals surface area contributed by atoms with E-state index in [1.165, 1.54) is 12.8 Å². The Morgan fingerprint density at radius 3 is 2.60 bits per heavy atom. The first-order valence-corrected chi connectivity index (χ1v) is 8.67. The molecule has 0 unspecified atom stereocenters. The van der Waals surface area contributed by atoms with Gasteiger partial charge in [-0.25, -0.2) is 0 Å². The summed E-state index contributed by atoms with van der Waals surface area (Å²) in [4.78, 5) is 14.6. The van der Waals surface area contributed by atoms with Gasteiger partial charge >= 0.3 is 0 Å². The molecule has 1 heterocycles. The van der Waals surface area contributed by atoms with E-state index in [2.05, 4.69) is 10.2 Å². The van der Waals surface area contributed by atoms with Gasteiger partial charge in [-0.1, -0.05) is 18.2 Å². The summed E-state index contributed by atoms with van der Waals surface area (Å²) >= 11 is 0. The average Bonchev–Trinajstić information content (AvgIpc) is 3.17. The zero-order chi connectivity index (χ0) is 17.5. The highest BCUT2D eigenvalue weighted by Crippen LogP contribution is 2.31. The molecule has 0 aliphatic carbocycles. The minimum Gasteiger partial charge on any atom is -0.495 e. The molecule has 1 saturated heterocycles. The van der Waals surface area contributed by atoms with Crippen molar-refractivity contribution in [3.63, 3.8) is 0 Å². The molecule has 0 bridgehead atoms. The van der Waals surface area contributed by atoms with E-state index < -0.39 is 0 Å². The lowest BCUT2D eigenvalue weighted by molar-refractivity contribution is -0.116. The number of amides is 1. The molecule has 25 heavy (non-hydrogen) atoms. The van der Waals surface area contributed by atoms with Crippen LogP contribution in [0, 0.1) is 0 Å². The number of carbonyl (C=O) groups is 1. The van der Waals surface area contributed by atoms with Crippen LogP contribution in [0.3, 0.4) is 0 Å². The molecule has 0 aromatic heterocycles. The van der Waals surface area contributed by atoms with Crippen LogP contribution < -0.4 is 19.7 Å². The van der Waals surface area contributed by atoms with Crippen molar-refractivity contribution in [3.8, 4) is 11.5 Å². The molecule has 0 radical (unpaired) electrons. The number of methoxy groups -OCH3 is 1. The summed E-state index contributed by atoms with van der Waals surface area (Å²) in [5.41, 5.74) is 1.82. The summed E-state index contributed by atoms with van der Waals surface area (Å²) < 4.78 is 10.9. The van der Waals surface area contributed by atoms with Crippen LogP contribution in [0.25, 0.3) is 0 Å². The van der Waals surface area contributed by atoms with Crippen molar-refractivity contribution in [3.05, 3.63) is 48.5 Å². The monoisotopic (exact) mass is 340 g/mol. The van der Waals surface area contributed by atoms with E-state index in [1.54, 1.807) is 7.11 Å². The van der Waals surface area contributed by atoms with Gasteiger partial charge in [0.05, 0.1) is 25.8 Å². The Morgan fingerprint density at radius 2 is 1.88 bits per heavy atom. The number of benzene rings is 2. The summed E-state index contributed by atoms with van der Waals surface area (Å²) in [5, 5.41) is 2.94. The minimum absolute atomic E-state index is 0.0900. The zero-order valence-electron chi connectivity index (χ0n) is 14.5. The number of hydrogen-bond acceptors (Lipinski definition) is 4. The first-order chi connectivity index (χ1) is 12.3. The Morgan fingerprint density at radius 1 is 1.12 bits per heavy atom. The van der Waals surface area contributed by atoms with Crippen LogP contribution in [0.5, 0.6) is 11.5 Å². The highest BCUT2D eigenvalue weighted by atomic mass is 16.5. The lowest BCUT2D eigenvalue weighted by Crippen LogP contribution is -2.19. The van der Waals surface area contributed by atoms with Gasteiger partial charge in [-0.05, 0) is 43.2 Å². The van der Waals surface area contributed by atoms with Crippen LogP contribution in [0.2, 0.25) is 0 Å². The number of nitrogens with zero attached hydrogens (tertiary/aromatic N) is 1. The standard InChI is InChI=1S/C20H24N2O3/c1-24-19-10-9-16(22-12-5-6-13-22)15-18(19)21-20(23)11-14-25-17-7-3-2-4-8-17/h2-4,7-10,15H,5-6,11-14H2,1H3,(H,21,23). The van der Waals surface area contributed by atoms with Crippen LogP contribution in [0.1, 0.15) is 19.3 Å². The Balaban J connectivity index is 1.58. The van der Waals surface area contributed by atoms with Gasteiger partial charge in [0, 0.05) is 18.8 Å². The van der Waals surface area contributed by atoms with E-state index in [0.29, 0.717) is 18.0 Å². The Kier molecular flexibility index (Phi) is 5.77. The van der Waals surface area contributed by atoms with Gasteiger partial charge in [-0.3, -0.25) is 4.79 Å². The van der Waals surface area contributed by atoms with Gasteiger partial charge in [0.15, 0.2) is 0 Å². The molecule has 1 fully saturated rings. The Hall–Kier alpha value is -2.69. The van der Waals surface area contributed by atoms with Crippen molar-refractivity contribution in [2.45, 2.75) is 19.3 Å². The van der Waals surface area contributed by atoms with Crippen molar-refractivity contribution >= 4 is 17.3 Å². The minimum atomic E-state index is -0.0900. The molecule has 5 heteroatoms. The van der Waals surface area contributed by atoms with E-state index >= 15 is 0 Å². The molecule has 0 spiro atoms. The van der Waals surface area contributed by atoms with Crippen molar-refractivity contribution in [1.82, 2.24) is 0 Å². The Labute approximate surface area is 148 Å². The number of carbonyl (C=O) groups excluding carboxylic acids is 1. The third-order valence-electron chi connectivity index (χ3n) is 4.27. The predicted octanol–water partition coefficient (Wildman–Crippen LogP) is 3.70. The van der Waals surface area contributed by atoms with Gasteiger partial charge in [-0.15, -0.1) is 0 Å². The van der Waals surface area contributed by atoms with E-state index in [9.17, 15) is 4.79 Å². The van der Waals surface area contributed by atoms with Gasteiger partial charge in [-0.2, -0.15) is 0 Å². The van der Waals surface area contributed by atoms with Crippen molar-refractivity contribution in [1.29, 1.82) is 0 Å². The molecule has 1 amide bonds. The maximum absolute atomic E-state index is 12.2. The molecule has 132 valence electrons. The van der Waals surface area contributed by atoms with Gasteiger partial charge in [0.2, 0.25) is 5.91 Å². The SMILES string of the molecule is COc1ccc(N2CCCC2)cc1NC(=O)CCOc1ccccc1. The van der Waals surface area contributed by atoms with Gasteiger partial charge in [0.1, 0.15) is 11.5 Å². The quantitative estimate of drug-likeness (QED) is 0.835. The van der Waals surface area contributed by atoms with E-state index in [-0.39, 0.29) is 12.3 Å². The van der Waals surface area contributed by atoms with Crippen LogP contribution in [-0.4, -0.2) is 32.7 Å². The van der Waals surface area contributed by atoms with E-state index in [1.807, 2.05) is 48.5 Å². The number of rotatable bonds is 7. The fourth-order valence-electron chi connectivity index (χ4n) is 2.96. The second-order valence-electron chi connectivity index (χ2n) is 6.04. The van der Waals surface area contributed by atoms with Crippen LogP contribution >= 0.6 is 0 Å². The first-order valence-electron chi connectivity index (χ1n) is 8.67. The van der Waals surface area contributed by atoms with Crippen molar-refractivity contribution in [2.24, 2.45) is 0 Å². The molecular formula is C20H24N2O3. The normalized spacial score (nSPS) is 13.6. The third kappa shape index (κ3) is 4.66. The molecule has 1 aliphatic heterocycles. The van der Waals surface area contributed by atoms with Gasteiger partial charge < -0.3 is 19.7 Å². The zero-order valence-corrected chi connectivity index (χ0v) is 14.5. The van der Waals surface area contributed by atoms with Crippen LogP contribution in [-0.2, 0) is 4.79 Å². The topological polar surface area (TPSA) is 50.8 Å². The van der Waals surface area contributed by atoms with E-state index in [4.69, 9.17) is 9.47 Å². The van der Waals surface area contributed by atoms with E-state index in [0.717, 1.165) is 24.5 Å². The maximum atomic E-state index is 12.2. The second kappa shape index (κ2) is 8.42. The number of para-hydroxylation sites is 1. The molecule has 2 aromatic carbocycles. The largest absolute Gasteiger partial charge is 0.495 e. The molecule has 2 aromatic rings. The summed E-state index contributed by atoms with van der Waals surface area (Å²) in [7, 11) is 1.61. The highest BCUT2D eigenvalue weighted by Gasteiger charge is 2.15. The van der Waals surface area contributed by atoms with Gasteiger partial charge in [0.25, 0.3) is 0 Å². The molecule has 0 saturated carbocycles. The smallest absolute Gasteiger partial charge is 0.227 e. The first kappa shape index (κ1) is 17.1. The summed E-state index contributed by atoms with van der Waals surface area (Å²) in [6, 6.07) is 15.4. The summed E-state index contributed by atoms with van der Waals surface area (Å²) in [6.07, 6.45) is 2.71. The van der Waals surface area contributed by atoms with Crippen LogP contribution in [0.4, 0.5) is 11.4 Å². The van der Waals surface area contributed by atoms with Crippen molar-refractivity contribution < 1.29 is 14.3 Å². The third-order valence-corrected chi connectivity index (χ3v) is 4.27. The lowest BCUT2D eigenvalue weighted by atomic mass is 10.2. The molecule has 3 rings (SSSR count). The number of hydrogen-bond donors (Lipinski definition) is 1. The number of nitrogens with one attached hydrogen (secondary N) is 1. The second-order valence-corrected chi connectivity index (χ2v) is 6.04. The predicted molar refractivity (Wildman–Crippen MR) is 99.6 cm³/mol. The van der Waals surface area contributed by atoms with Crippen molar-refractivity contribution in [2.75, 3.05) is 37.0 Å². The lowest BCUT2D eigenvalue weighted by Gasteiger charge is -2.20. The molecule has 5 nitrogen and oxygen atoms in total. The maximum Gasteiger partial charge on any atom is 0.227 e. The fraction of sp³-hybridized carbons (Fsp3) is 0.350.